The van der Waals surface area contributed by atoms with Crippen LogP contribution in [0.5, 0.6) is 5.75 Å². The van der Waals surface area contributed by atoms with E-state index in [1.54, 1.807) is 18.9 Å². The number of thioether (sulfide) groups is 1. The molecule has 6 nitrogen and oxygen atoms in total. The highest BCUT2D eigenvalue weighted by atomic mass is 32.2. The van der Waals surface area contributed by atoms with Crippen LogP contribution in [-0.2, 0) is 11.2 Å². The van der Waals surface area contributed by atoms with Crippen LogP contribution in [0.15, 0.2) is 51.8 Å². The lowest BCUT2D eigenvalue weighted by molar-refractivity contribution is -0.115. The molecular formula is C19H19N3O3S. The Labute approximate surface area is 156 Å². The zero-order valence-corrected chi connectivity index (χ0v) is 15.6. The third kappa shape index (κ3) is 4.23. The van der Waals surface area contributed by atoms with Gasteiger partial charge in [0.15, 0.2) is 0 Å². The van der Waals surface area contributed by atoms with Gasteiger partial charge in [-0.25, -0.2) is 0 Å². The molecule has 0 saturated heterocycles. The second kappa shape index (κ2) is 8.05. The first-order valence-electron chi connectivity index (χ1n) is 8.00. The van der Waals surface area contributed by atoms with E-state index in [1.807, 2.05) is 55.6 Å². The predicted octanol–water partition coefficient (Wildman–Crippen LogP) is 3.96. The SMILES string of the molecule is COc1ccc(CC(=O)Nc2nnc(-c3cccc(SC)c3)o2)cc1C. The molecule has 1 aromatic heterocycles. The second-order valence-corrected chi connectivity index (χ2v) is 6.55. The Morgan fingerprint density at radius 2 is 2.08 bits per heavy atom. The summed E-state index contributed by atoms with van der Waals surface area (Å²) in [7, 11) is 1.62. The van der Waals surface area contributed by atoms with Gasteiger partial charge in [-0.15, -0.1) is 16.9 Å². The normalized spacial score (nSPS) is 10.6. The monoisotopic (exact) mass is 369 g/mol. The average molecular weight is 369 g/mol. The van der Waals surface area contributed by atoms with Crippen LogP contribution in [0.4, 0.5) is 6.01 Å². The fourth-order valence-corrected chi connectivity index (χ4v) is 3.01. The molecule has 0 radical (unpaired) electrons. The number of amides is 1. The van der Waals surface area contributed by atoms with Crippen molar-refractivity contribution in [1.82, 2.24) is 10.2 Å². The third-order valence-electron chi connectivity index (χ3n) is 3.81. The molecule has 0 atom stereocenters. The molecule has 0 aliphatic heterocycles. The highest BCUT2D eigenvalue weighted by Crippen LogP contribution is 2.24. The number of carbonyl (C=O) groups excluding carboxylic acids is 1. The van der Waals surface area contributed by atoms with Gasteiger partial charge in [0, 0.05) is 10.5 Å². The molecule has 0 spiro atoms. The molecule has 0 aliphatic rings. The summed E-state index contributed by atoms with van der Waals surface area (Å²) in [5, 5.41) is 10.5. The van der Waals surface area contributed by atoms with E-state index in [0.717, 1.165) is 27.3 Å². The van der Waals surface area contributed by atoms with Crippen molar-refractivity contribution >= 4 is 23.7 Å². The molecule has 3 aromatic rings. The highest BCUT2D eigenvalue weighted by Gasteiger charge is 2.12. The standard InChI is InChI=1S/C19H19N3O3S/c1-12-9-13(7-8-16(12)24-2)10-17(23)20-19-22-21-18(25-19)14-5-4-6-15(11-14)26-3/h4-9,11H,10H2,1-3H3,(H,20,22,23). The summed E-state index contributed by atoms with van der Waals surface area (Å²) < 4.78 is 10.8. The molecule has 26 heavy (non-hydrogen) atoms. The summed E-state index contributed by atoms with van der Waals surface area (Å²) in [4.78, 5) is 13.3. The van der Waals surface area contributed by atoms with Crippen LogP contribution in [0, 0.1) is 6.92 Å². The number of methoxy groups -OCH3 is 1. The molecular weight excluding hydrogens is 350 g/mol. The van der Waals surface area contributed by atoms with Crippen LogP contribution in [0.3, 0.4) is 0 Å². The number of anilines is 1. The third-order valence-corrected chi connectivity index (χ3v) is 4.54. The highest BCUT2D eigenvalue weighted by molar-refractivity contribution is 7.98. The van der Waals surface area contributed by atoms with Gasteiger partial charge in [-0.1, -0.05) is 23.3 Å². The number of aryl methyl sites for hydroxylation is 1. The maximum Gasteiger partial charge on any atom is 0.322 e. The van der Waals surface area contributed by atoms with Crippen LogP contribution < -0.4 is 10.1 Å². The number of carbonyl (C=O) groups is 1. The molecule has 1 N–H and O–H groups in total. The van der Waals surface area contributed by atoms with Gasteiger partial charge in [0.25, 0.3) is 0 Å². The summed E-state index contributed by atoms with van der Waals surface area (Å²) in [5.41, 5.74) is 2.68. The van der Waals surface area contributed by atoms with E-state index in [-0.39, 0.29) is 18.3 Å². The van der Waals surface area contributed by atoms with Crippen molar-refractivity contribution in [2.24, 2.45) is 0 Å². The summed E-state index contributed by atoms with van der Waals surface area (Å²) in [6.45, 7) is 1.94. The molecule has 0 aliphatic carbocycles. The van der Waals surface area contributed by atoms with E-state index in [2.05, 4.69) is 15.5 Å². The Hall–Kier alpha value is -2.80. The molecule has 3 rings (SSSR count). The topological polar surface area (TPSA) is 77.2 Å². The van der Waals surface area contributed by atoms with Gasteiger partial charge in [0.05, 0.1) is 13.5 Å². The van der Waals surface area contributed by atoms with Gasteiger partial charge in [-0.05, 0) is 48.6 Å². The van der Waals surface area contributed by atoms with Gasteiger partial charge in [-0.2, -0.15) is 0 Å². The van der Waals surface area contributed by atoms with Crippen molar-refractivity contribution < 1.29 is 13.9 Å². The van der Waals surface area contributed by atoms with Crippen molar-refractivity contribution in [3.8, 4) is 17.2 Å². The molecule has 7 heteroatoms. The Bertz CT molecular complexity index is 924. The zero-order chi connectivity index (χ0) is 18.5. The van der Waals surface area contributed by atoms with E-state index in [1.165, 1.54) is 0 Å². The first-order valence-corrected chi connectivity index (χ1v) is 9.23. The lowest BCUT2D eigenvalue weighted by atomic mass is 10.1. The van der Waals surface area contributed by atoms with Crippen LogP contribution in [-0.4, -0.2) is 29.5 Å². The maximum absolute atomic E-state index is 12.2. The second-order valence-electron chi connectivity index (χ2n) is 5.67. The molecule has 0 saturated carbocycles. The first-order chi connectivity index (χ1) is 12.6. The summed E-state index contributed by atoms with van der Waals surface area (Å²) in [5.74, 6) is 0.947. The number of hydrogen-bond acceptors (Lipinski definition) is 6. The Kier molecular flexibility index (Phi) is 5.58. The van der Waals surface area contributed by atoms with Crippen molar-refractivity contribution in [3.63, 3.8) is 0 Å². The van der Waals surface area contributed by atoms with Gasteiger partial charge in [-0.3, -0.25) is 10.1 Å². The van der Waals surface area contributed by atoms with E-state index in [0.29, 0.717) is 5.89 Å². The molecule has 1 heterocycles. The van der Waals surface area contributed by atoms with Crippen molar-refractivity contribution in [2.75, 3.05) is 18.7 Å². The van der Waals surface area contributed by atoms with Crippen LogP contribution in [0.2, 0.25) is 0 Å². The van der Waals surface area contributed by atoms with E-state index in [4.69, 9.17) is 9.15 Å². The van der Waals surface area contributed by atoms with Gasteiger partial charge in [0.1, 0.15) is 5.75 Å². The molecule has 0 unspecified atom stereocenters. The Balaban J connectivity index is 1.66. The Morgan fingerprint density at radius 1 is 1.23 bits per heavy atom. The lowest BCUT2D eigenvalue weighted by Gasteiger charge is -2.07. The minimum Gasteiger partial charge on any atom is -0.496 e. The molecule has 1 amide bonds. The van der Waals surface area contributed by atoms with Crippen molar-refractivity contribution in [2.45, 2.75) is 18.2 Å². The van der Waals surface area contributed by atoms with Crippen LogP contribution in [0.25, 0.3) is 11.5 Å². The van der Waals surface area contributed by atoms with Gasteiger partial charge >= 0.3 is 6.01 Å². The number of aromatic nitrogens is 2. The minimum absolute atomic E-state index is 0.0878. The molecule has 0 bridgehead atoms. The quantitative estimate of drug-likeness (QED) is 0.663. The number of benzene rings is 2. The number of nitrogens with one attached hydrogen (secondary N) is 1. The molecule has 2 aromatic carbocycles. The number of ether oxygens (including phenoxy) is 1. The largest absolute Gasteiger partial charge is 0.496 e. The smallest absolute Gasteiger partial charge is 0.322 e. The predicted molar refractivity (Wildman–Crippen MR) is 102 cm³/mol. The Morgan fingerprint density at radius 3 is 2.81 bits per heavy atom. The van der Waals surface area contributed by atoms with Gasteiger partial charge < -0.3 is 9.15 Å². The van der Waals surface area contributed by atoms with E-state index < -0.39 is 0 Å². The maximum atomic E-state index is 12.2. The summed E-state index contributed by atoms with van der Waals surface area (Å²) >= 11 is 1.63. The van der Waals surface area contributed by atoms with E-state index in [9.17, 15) is 4.79 Å². The number of hydrogen-bond donors (Lipinski definition) is 1. The summed E-state index contributed by atoms with van der Waals surface area (Å²) in [6.07, 6.45) is 2.21. The number of rotatable bonds is 6. The lowest BCUT2D eigenvalue weighted by Crippen LogP contribution is -2.14. The van der Waals surface area contributed by atoms with Crippen LogP contribution >= 0.6 is 11.8 Å². The van der Waals surface area contributed by atoms with Crippen LogP contribution in [0.1, 0.15) is 11.1 Å². The number of nitrogens with zero attached hydrogens (tertiary/aromatic N) is 2. The van der Waals surface area contributed by atoms with E-state index >= 15 is 0 Å². The minimum atomic E-state index is -0.220. The fraction of sp³-hybridized carbons (Fsp3) is 0.211. The average Bonchev–Trinajstić information content (AvgIpc) is 3.10. The van der Waals surface area contributed by atoms with Gasteiger partial charge in [0.2, 0.25) is 11.8 Å². The first kappa shape index (κ1) is 18.0. The fourth-order valence-electron chi connectivity index (χ4n) is 2.55. The van der Waals surface area contributed by atoms with Crippen molar-refractivity contribution in [3.05, 3.63) is 53.6 Å². The molecule has 134 valence electrons. The van der Waals surface area contributed by atoms with Crippen molar-refractivity contribution in [1.29, 1.82) is 0 Å². The summed E-state index contributed by atoms with van der Waals surface area (Å²) in [6, 6.07) is 13.5. The molecule has 0 fully saturated rings. The zero-order valence-electron chi connectivity index (χ0n) is 14.8.